The van der Waals surface area contributed by atoms with Gasteiger partial charge in [0.25, 0.3) is 17.7 Å². The van der Waals surface area contributed by atoms with Gasteiger partial charge in [-0.1, -0.05) is 30.3 Å². The molecular formula is C35H39F2N5O4. The number of oxazole rings is 1. The number of aryl methyl sites for hydroxylation is 2. The van der Waals surface area contributed by atoms with Crippen LogP contribution in [0.1, 0.15) is 80.4 Å². The van der Waals surface area contributed by atoms with E-state index in [1.54, 1.807) is 29.4 Å². The van der Waals surface area contributed by atoms with Crippen LogP contribution in [0.3, 0.4) is 0 Å². The van der Waals surface area contributed by atoms with Crippen LogP contribution in [0.25, 0.3) is 0 Å². The molecule has 46 heavy (non-hydrogen) atoms. The predicted octanol–water partition coefficient (Wildman–Crippen LogP) is 5.27. The summed E-state index contributed by atoms with van der Waals surface area (Å²) >= 11 is 0. The van der Waals surface area contributed by atoms with Gasteiger partial charge in [-0.3, -0.25) is 14.6 Å². The van der Waals surface area contributed by atoms with E-state index in [0.717, 1.165) is 42.8 Å². The van der Waals surface area contributed by atoms with E-state index in [0.29, 0.717) is 35.5 Å². The lowest BCUT2D eigenvalue weighted by Gasteiger charge is -2.25. The maximum absolute atomic E-state index is 13.8. The number of alkyl halides is 2. The van der Waals surface area contributed by atoms with Gasteiger partial charge in [0.1, 0.15) is 12.3 Å². The number of likely N-dealkylation sites (tertiary alicyclic amines) is 1. The zero-order valence-electron chi connectivity index (χ0n) is 26.2. The largest absolute Gasteiger partial charge is 0.446 e. The molecule has 2 amide bonds. The molecule has 5 rings (SSSR count). The Bertz CT molecular complexity index is 1660. The molecule has 1 aliphatic heterocycles. The Morgan fingerprint density at radius 1 is 1.09 bits per heavy atom. The number of rotatable bonds is 12. The number of aliphatic hydroxyl groups excluding tert-OH is 1. The molecule has 3 N–H and O–H groups in total. The number of halogens is 2. The SMILES string of the molecule is Cc1cc(C(=O)N[C@@H](Cc2ccccc2)[C@@H](O)CNCc2cncc(C(C)(F)F)c2)cc(C(=O)N2CCC[C@@H]2c2nc(C)co2)c1. The number of hydrogen-bond acceptors (Lipinski definition) is 7. The van der Waals surface area contributed by atoms with Gasteiger partial charge in [0, 0.05) is 55.6 Å². The first-order valence-electron chi connectivity index (χ1n) is 15.4. The highest BCUT2D eigenvalue weighted by Gasteiger charge is 2.34. The monoisotopic (exact) mass is 631 g/mol. The van der Waals surface area contributed by atoms with Crippen molar-refractivity contribution in [2.45, 2.75) is 70.7 Å². The van der Waals surface area contributed by atoms with Crippen molar-refractivity contribution in [2.75, 3.05) is 13.1 Å². The first-order valence-corrected chi connectivity index (χ1v) is 15.4. The molecule has 3 heterocycles. The van der Waals surface area contributed by atoms with Gasteiger partial charge in [0.2, 0.25) is 5.89 Å². The van der Waals surface area contributed by atoms with Gasteiger partial charge in [-0.25, -0.2) is 13.8 Å². The smallest absolute Gasteiger partial charge is 0.272 e. The number of aromatic nitrogens is 2. The van der Waals surface area contributed by atoms with Crippen molar-refractivity contribution in [3.8, 4) is 0 Å². The van der Waals surface area contributed by atoms with Gasteiger partial charge in [0.05, 0.1) is 17.8 Å². The van der Waals surface area contributed by atoms with Crippen molar-refractivity contribution in [2.24, 2.45) is 0 Å². The van der Waals surface area contributed by atoms with E-state index < -0.39 is 24.0 Å². The van der Waals surface area contributed by atoms with E-state index in [9.17, 15) is 23.5 Å². The number of nitrogens with zero attached hydrogens (tertiary/aromatic N) is 3. The van der Waals surface area contributed by atoms with Gasteiger partial charge >= 0.3 is 0 Å². The lowest BCUT2D eigenvalue weighted by molar-refractivity contribution is 0.0170. The van der Waals surface area contributed by atoms with Gasteiger partial charge in [-0.05, 0) is 74.1 Å². The van der Waals surface area contributed by atoms with E-state index >= 15 is 0 Å². The Hall–Kier alpha value is -4.48. The van der Waals surface area contributed by atoms with Crippen molar-refractivity contribution in [3.05, 3.63) is 118 Å². The fourth-order valence-corrected chi connectivity index (χ4v) is 5.73. The third kappa shape index (κ3) is 8.21. The van der Waals surface area contributed by atoms with Crippen LogP contribution in [0, 0.1) is 13.8 Å². The summed E-state index contributed by atoms with van der Waals surface area (Å²) in [5.41, 5.74) is 3.45. The van der Waals surface area contributed by atoms with Crippen LogP contribution in [0.15, 0.2) is 77.7 Å². The molecular weight excluding hydrogens is 592 g/mol. The average Bonchev–Trinajstić information content (AvgIpc) is 3.69. The highest BCUT2D eigenvalue weighted by molar-refractivity contribution is 6.00. The van der Waals surface area contributed by atoms with Gasteiger partial charge in [0.15, 0.2) is 0 Å². The topological polar surface area (TPSA) is 121 Å². The summed E-state index contributed by atoms with van der Waals surface area (Å²) in [5.74, 6) is -3.14. The van der Waals surface area contributed by atoms with Crippen LogP contribution >= 0.6 is 0 Å². The second kappa shape index (κ2) is 14.3. The standard InChI is InChI=1S/C35H39F2N5O4/c1-22-12-26(16-27(13-22)34(45)42-11-7-10-30(42)33-40-23(2)21-46-33)32(44)41-29(15-24-8-5-4-6-9-24)31(43)20-39-18-25-14-28(19-38-17-25)35(3,36)37/h4-6,8-9,12-14,16-17,19,21,29-31,39,43H,7,10-11,15,18,20H2,1-3H3,(H,41,44)/t29-,30+,31-/m0/s1. The number of carbonyl (C=O) groups is 2. The first kappa shape index (κ1) is 32.9. The van der Waals surface area contributed by atoms with Crippen LogP contribution in [0.4, 0.5) is 8.78 Å². The lowest BCUT2D eigenvalue weighted by Crippen LogP contribution is -2.48. The molecule has 11 heteroatoms. The number of amides is 2. The minimum Gasteiger partial charge on any atom is -0.446 e. The fraction of sp³-hybridized carbons (Fsp3) is 0.371. The number of nitrogens with one attached hydrogen (secondary N) is 2. The average molecular weight is 632 g/mol. The third-order valence-electron chi connectivity index (χ3n) is 8.09. The molecule has 4 aromatic rings. The van der Waals surface area contributed by atoms with Crippen molar-refractivity contribution >= 4 is 11.8 Å². The number of carbonyl (C=O) groups excluding carboxylic acids is 2. The molecule has 1 fully saturated rings. The molecule has 242 valence electrons. The molecule has 0 unspecified atom stereocenters. The number of benzene rings is 2. The Balaban J connectivity index is 1.29. The first-order chi connectivity index (χ1) is 22.0. The fourth-order valence-electron chi connectivity index (χ4n) is 5.73. The molecule has 0 aliphatic carbocycles. The molecule has 0 radical (unpaired) electrons. The highest BCUT2D eigenvalue weighted by Crippen LogP contribution is 2.33. The van der Waals surface area contributed by atoms with Gasteiger partial charge in [-0.15, -0.1) is 0 Å². The van der Waals surface area contributed by atoms with E-state index in [1.807, 2.05) is 44.2 Å². The molecule has 2 aromatic carbocycles. The second-order valence-corrected chi connectivity index (χ2v) is 12.0. The summed E-state index contributed by atoms with van der Waals surface area (Å²) in [6, 6.07) is 14.9. The maximum atomic E-state index is 13.8. The number of pyridine rings is 1. The Morgan fingerprint density at radius 2 is 1.85 bits per heavy atom. The van der Waals surface area contributed by atoms with Gasteiger partial charge in [-0.2, -0.15) is 0 Å². The number of aliphatic hydroxyl groups is 1. The molecule has 0 bridgehead atoms. The van der Waals surface area contributed by atoms with Gasteiger partial charge < -0.3 is 25.1 Å². The molecule has 0 spiro atoms. The summed E-state index contributed by atoms with van der Waals surface area (Å²) in [4.78, 5) is 37.4. The van der Waals surface area contributed by atoms with Crippen LogP contribution in [-0.4, -0.2) is 57.0 Å². The maximum Gasteiger partial charge on any atom is 0.272 e. The minimum atomic E-state index is -3.01. The van der Waals surface area contributed by atoms with Crippen molar-refractivity contribution in [1.82, 2.24) is 25.5 Å². The van der Waals surface area contributed by atoms with E-state index in [4.69, 9.17) is 4.42 Å². The summed E-state index contributed by atoms with van der Waals surface area (Å²) < 4.78 is 33.1. The third-order valence-corrected chi connectivity index (χ3v) is 8.09. The van der Waals surface area contributed by atoms with E-state index in [-0.39, 0.29) is 30.6 Å². The minimum absolute atomic E-state index is 0.0821. The van der Waals surface area contributed by atoms with Crippen LogP contribution < -0.4 is 10.6 Å². The summed E-state index contributed by atoms with van der Waals surface area (Å²) in [6.45, 7) is 5.32. The van der Waals surface area contributed by atoms with Crippen molar-refractivity contribution in [1.29, 1.82) is 0 Å². The Labute approximate surface area is 267 Å². The lowest BCUT2D eigenvalue weighted by atomic mass is 9.99. The molecule has 9 nitrogen and oxygen atoms in total. The molecule has 2 aromatic heterocycles. The molecule has 1 saturated heterocycles. The summed E-state index contributed by atoms with van der Waals surface area (Å²) in [5, 5.41) is 17.3. The van der Waals surface area contributed by atoms with Crippen LogP contribution in [0.2, 0.25) is 0 Å². The highest BCUT2D eigenvalue weighted by atomic mass is 19.3. The normalized spacial score (nSPS) is 16.3. The van der Waals surface area contributed by atoms with Crippen LogP contribution in [-0.2, 0) is 18.9 Å². The van der Waals surface area contributed by atoms with Crippen molar-refractivity contribution in [3.63, 3.8) is 0 Å². The van der Waals surface area contributed by atoms with E-state index in [2.05, 4.69) is 20.6 Å². The summed E-state index contributed by atoms with van der Waals surface area (Å²) in [7, 11) is 0. The quantitative estimate of drug-likeness (QED) is 0.195. The van der Waals surface area contributed by atoms with Crippen LogP contribution in [0.5, 0.6) is 0 Å². The second-order valence-electron chi connectivity index (χ2n) is 12.0. The molecule has 3 atom stereocenters. The Kier molecular flexibility index (Phi) is 10.2. The Morgan fingerprint density at radius 3 is 2.57 bits per heavy atom. The summed E-state index contributed by atoms with van der Waals surface area (Å²) in [6.07, 6.45) is 5.08. The molecule has 0 saturated carbocycles. The zero-order valence-corrected chi connectivity index (χ0v) is 26.2. The van der Waals surface area contributed by atoms with Crippen molar-refractivity contribution < 1.29 is 27.9 Å². The zero-order chi connectivity index (χ0) is 32.8. The number of hydrogen-bond donors (Lipinski definition) is 3. The van der Waals surface area contributed by atoms with E-state index in [1.165, 1.54) is 12.3 Å². The molecule has 1 aliphatic rings. The predicted molar refractivity (Wildman–Crippen MR) is 168 cm³/mol.